The molecule has 3 N–H and O–H groups in total. The Morgan fingerprint density at radius 1 is 1.24 bits per heavy atom. The number of aromatic nitrogens is 2. The number of benzene rings is 1. The molecule has 202 valence electrons. The summed E-state index contributed by atoms with van der Waals surface area (Å²) in [6.45, 7) is 4.10. The second-order valence-corrected chi connectivity index (χ2v) is 9.78. The van der Waals surface area contributed by atoms with Crippen LogP contribution in [0, 0.1) is 5.82 Å². The van der Waals surface area contributed by atoms with Crippen LogP contribution in [0.15, 0.2) is 42.7 Å². The van der Waals surface area contributed by atoms with Crippen molar-refractivity contribution in [3.8, 4) is 0 Å². The molecule has 38 heavy (non-hydrogen) atoms. The number of nitrogens with zero attached hydrogens (tertiary/aromatic N) is 3. The van der Waals surface area contributed by atoms with Gasteiger partial charge in [-0.2, -0.15) is 0 Å². The van der Waals surface area contributed by atoms with Gasteiger partial charge in [-0.05, 0) is 31.9 Å². The SMILES string of the molecule is C[C@@H](Nc1ccnc2cnc(C3(O)CCN(C(=O)[C@H]4CNCCO4)CC3)cc12)c1cccc(C(F)F)c1F. The van der Waals surface area contributed by atoms with Crippen LogP contribution < -0.4 is 10.6 Å². The number of hydrogen-bond acceptors (Lipinski definition) is 7. The van der Waals surface area contributed by atoms with E-state index < -0.39 is 35.6 Å². The fourth-order valence-electron chi connectivity index (χ4n) is 5.09. The van der Waals surface area contributed by atoms with E-state index in [0.717, 1.165) is 12.6 Å². The number of amides is 1. The molecule has 2 saturated heterocycles. The predicted octanol–water partition coefficient (Wildman–Crippen LogP) is 3.68. The van der Waals surface area contributed by atoms with Crippen LogP contribution in [0.5, 0.6) is 0 Å². The normalized spacial score (nSPS) is 20.5. The summed E-state index contributed by atoms with van der Waals surface area (Å²) in [4.78, 5) is 23.3. The number of pyridine rings is 2. The van der Waals surface area contributed by atoms with E-state index in [9.17, 15) is 23.1 Å². The lowest BCUT2D eigenvalue weighted by Crippen LogP contribution is -2.53. The van der Waals surface area contributed by atoms with E-state index in [0.29, 0.717) is 61.4 Å². The highest BCUT2D eigenvalue weighted by Crippen LogP contribution is 2.35. The number of fused-ring (bicyclic) bond motifs is 1. The summed E-state index contributed by atoms with van der Waals surface area (Å²) in [5.74, 6) is -1.02. The molecule has 0 unspecified atom stereocenters. The highest BCUT2D eigenvalue weighted by Gasteiger charge is 2.38. The minimum atomic E-state index is -2.91. The summed E-state index contributed by atoms with van der Waals surface area (Å²) >= 11 is 0. The molecule has 0 saturated carbocycles. The minimum absolute atomic E-state index is 0.0847. The molecule has 11 heteroatoms. The first-order valence-electron chi connectivity index (χ1n) is 12.7. The number of aliphatic hydroxyl groups is 1. The molecule has 0 spiro atoms. The van der Waals surface area contributed by atoms with Gasteiger partial charge in [-0.1, -0.05) is 18.2 Å². The molecule has 2 atom stereocenters. The number of carbonyl (C=O) groups is 1. The van der Waals surface area contributed by atoms with Crippen molar-refractivity contribution < 1.29 is 27.8 Å². The van der Waals surface area contributed by atoms with Gasteiger partial charge in [-0.15, -0.1) is 0 Å². The zero-order valence-electron chi connectivity index (χ0n) is 21.0. The van der Waals surface area contributed by atoms with E-state index in [1.807, 2.05) is 0 Å². The molecular weight excluding hydrogens is 499 g/mol. The number of carbonyl (C=O) groups excluding carboxylic acids is 1. The third-order valence-electron chi connectivity index (χ3n) is 7.34. The maximum absolute atomic E-state index is 14.7. The molecule has 2 fully saturated rings. The third-order valence-corrected chi connectivity index (χ3v) is 7.34. The van der Waals surface area contributed by atoms with Crippen molar-refractivity contribution in [3.05, 3.63) is 65.4 Å². The minimum Gasteiger partial charge on any atom is -0.383 e. The average Bonchev–Trinajstić information content (AvgIpc) is 2.93. The van der Waals surface area contributed by atoms with Crippen molar-refractivity contribution in [1.82, 2.24) is 20.2 Å². The average molecular weight is 530 g/mol. The molecule has 2 aromatic heterocycles. The molecule has 0 aliphatic carbocycles. The molecule has 0 bridgehead atoms. The number of halogens is 3. The second-order valence-electron chi connectivity index (χ2n) is 9.78. The van der Waals surface area contributed by atoms with Crippen LogP contribution in [0.1, 0.15) is 49.1 Å². The zero-order valence-corrected chi connectivity index (χ0v) is 21.0. The third kappa shape index (κ3) is 5.18. The summed E-state index contributed by atoms with van der Waals surface area (Å²) in [5.41, 5.74) is -0.151. The Kier molecular flexibility index (Phi) is 7.51. The fraction of sp³-hybridized carbons (Fsp3) is 0.444. The van der Waals surface area contributed by atoms with Gasteiger partial charge in [0.05, 0.1) is 35.6 Å². The van der Waals surface area contributed by atoms with E-state index in [4.69, 9.17) is 4.74 Å². The summed E-state index contributed by atoms with van der Waals surface area (Å²) in [6, 6.07) is 6.80. The van der Waals surface area contributed by atoms with Crippen LogP contribution >= 0.6 is 0 Å². The van der Waals surface area contributed by atoms with Gasteiger partial charge in [0.15, 0.2) is 0 Å². The Morgan fingerprint density at radius 2 is 2.00 bits per heavy atom. The van der Waals surface area contributed by atoms with Crippen molar-refractivity contribution >= 4 is 22.5 Å². The quantitative estimate of drug-likeness (QED) is 0.448. The van der Waals surface area contributed by atoms with Gasteiger partial charge in [0.1, 0.15) is 17.5 Å². The standard InChI is InChI=1S/C27H30F3N5O3/c1-16(17-3-2-4-18(24(17)28)25(29)30)34-20-5-8-32-21-14-33-23(13-19(20)21)27(37)6-10-35(11-7-27)26(36)22-15-31-9-12-38-22/h2-5,8,13-14,16,22,25,31,37H,6-7,9-12,15H2,1H3,(H,32,34)/t16-,22-/m1/s1. The van der Waals surface area contributed by atoms with Crippen LogP contribution in [0.4, 0.5) is 18.9 Å². The Morgan fingerprint density at radius 3 is 2.71 bits per heavy atom. The molecule has 3 aromatic rings. The number of likely N-dealkylation sites (tertiary alicyclic amines) is 1. The number of anilines is 1. The highest BCUT2D eigenvalue weighted by atomic mass is 19.3. The molecule has 2 aliphatic rings. The number of rotatable bonds is 6. The molecular formula is C27H30F3N5O3. The second kappa shape index (κ2) is 10.8. The number of nitrogens with one attached hydrogen (secondary N) is 2. The largest absolute Gasteiger partial charge is 0.383 e. The number of piperidine rings is 1. The molecule has 1 aromatic carbocycles. The van der Waals surface area contributed by atoms with Gasteiger partial charge in [0.25, 0.3) is 12.3 Å². The lowest BCUT2D eigenvalue weighted by Gasteiger charge is -2.39. The predicted molar refractivity (Wildman–Crippen MR) is 135 cm³/mol. The topological polar surface area (TPSA) is 99.6 Å². The van der Waals surface area contributed by atoms with E-state index in [1.165, 1.54) is 12.1 Å². The van der Waals surface area contributed by atoms with Gasteiger partial charge < -0.3 is 25.4 Å². The first-order chi connectivity index (χ1) is 18.3. The van der Waals surface area contributed by atoms with Crippen LogP contribution in [-0.2, 0) is 15.1 Å². The van der Waals surface area contributed by atoms with E-state index in [2.05, 4.69) is 20.6 Å². The molecule has 5 rings (SSSR count). The fourth-order valence-corrected chi connectivity index (χ4v) is 5.09. The van der Waals surface area contributed by atoms with Gasteiger partial charge in [0, 0.05) is 49.0 Å². The summed E-state index contributed by atoms with van der Waals surface area (Å²) in [5, 5.41) is 18.5. The lowest BCUT2D eigenvalue weighted by molar-refractivity contribution is -0.149. The molecule has 2 aliphatic heterocycles. The van der Waals surface area contributed by atoms with Crippen molar-refractivity contribution in [2.45, 2.75) is 43.9 Å². The molecule has 1 amide bonds. The van der Waals surface area contributed by atoms with Gasteiger partial charge in [-0.25, -0.2) is 13.2 Å². The van der Waals surface area contributed by atoms with Crippen LogP contribution in [0.3, 0.4) is 0 Å². The molecule has 4 heterocycles. The van der Waals surface area contributed by atoms with Crippen LogP contribution in [-0.4, -0.2) is 64.8 Å². The number of morpholine rings is 1. The summed E-state index contributed by atoms with van der Waals surface area (Å²) < 4.78 is 46.7. The van der Waals surface area contributed by atoms with E-state index in [-0.39, 0.29) is 11.5 Å². The number of alkyl halides is 2. The van der Waals surface area contributed by atoms with Gasteiger partial charge in [0.2, 0.25) is 0 Å². The molecule has 8 nitrogen and oxygen atoms in total. The zero-order chi connectivity index (χ0) is 26.9. The summed E-state index contributed by atoms with van der Waals surface area (Å²) in [7, 11) is 0. The van der Waals surface area contributed by atoms with E-state index in [1.54, 1.807) is 36.4 Å². The first-order valence-corrected chi connectivity index (χ1v) is 12.7. The number of ether oxygens (including phenoxy) is 1. The Hall–Kier alpha value is -3.28. The monoisotopic (exact) mass is 529 g/mol. The molecule has 0 radical (unpaired) electrons. The first kappa shape index (κ1) is 26.3. The van der Waals surface area contributed by atoms with Crippen molar-refractivity contribution in [3.63, 3.8) is 0 Å². The van der Waals surface area contributed by atoms with E-state index >= 15 is 0 Å². The van der Waals surface area contributed by atoms with Crippen molar-refractivity contribution in [2.24, 2.45) is 0 Å². The van der Waals surface area contributed by atoms with Gasteiger partial charge >= 0.3 is 0 Å². The smallest absolute Gasteiger partial charge is 0.266 e. The van der Waals surface area contributed by atoms with Crippen molar-refractivity contribution in [2.75, 3.05) is 38.1 Å². The number of hydrogen-bond donors (Lipinski definition) is 3. The Balaban J connectivity index is 1.35. The Labute approximate surface area is 218 Å². The maximum Gasteiger partial charge on any atom is 0.266 e. The highest BCUT2D eigenvalue weighted by molar-refractivity contribution is 5.91. The van der Waals surface area contributed by atoms with Crippen LogP contribution in [0.25, 0.3) is 10.9 Å². The lowest BCUT2D eigenvalue weighted by atomic mass is 9.87. The Bertz CT molecular complexity index is 1310. The van der Waals surface area contributed by atoms with Crippen LogP contribution in [0.2, 0.25) is 0 Å². The summed E-state index contributed by atoms with van der Waals surface area (Å²) in [6.07, 6.45) is 0.333. The van der Waals surface area contributed by atoms with Crippen molar-refractivity contribution in [1.29, 1.82) is 0 Å². The maximum atomic E-state index is 14.7. The van der Waals surface area contributed by atoms with Gasteiger partial charge in [-0.3, -0.25) is 14.8 Å².